The molecular formula is C12H14N2O4. The average Bonchev–Trinajstić information content (AvgIpc) is 2.79. The standard InChI is InChI=1S/C12H14N2O4/c1-8-4-9(6-13-5-8)10(15)14-12(11(16)17)2-3-18-7-12/h4-6H,2-3,7H2,1H3,(H,14,15)(H,16,17). The van der Waals surface area contributed by atoms with Gasteiger partial charge in [-0.15, -0.1) is 0 Å². The zero-order valence-corrected chi connectivity index (χ0v) is 9.97. The topological polar surface area (TPSA) is 88.5 Å². The van der Waals surface area contributed by atoms with Gasteiger partial charge in [0.25, 0.3) is 5.91 Å². The molecule has 2 N–H and O–H groups in total. The van der Waals surface area contributed by atoms with Crippen LogP contribution in [0.3, 0.4) is 0 Å². The molecular weight excluding hydrogens is 236 g/mol. The first kappa shape index (κ1) is 12.5. The van der Waals surface area contributed by atoms with Crippen LogP contribution in [0.2, 0.25) is 0 Å². The van der Waals surface area contributed by atoms with Gasteiger partial charge in [-0.05, 0) is 18.6 Å². The van der Waals surface area contributed by atoms with Crippen molar-refractivity contribution in [2.75, 3.05) is 13.2 Å². The molecule has 1 unspecified atom stereocenters. The van der Waals surface area contributed by atoms with Gasteiger partial charge in [-0.25, -0.2) is 4.79 Å². The maximum Gasteiger partial charge on any atom is 0.331 e. The predicted octanol–water partition coefficient (Wildman–Crippen LogP) is 0.364. The van der Waals surface area contributed by atoms with E-state index in [-0.39, 0.29) is 13.0 Å². The van der Waals surface area contributed by atoms with Crippen molar-refractivity contribution < 1.29 is 19.4 Å². The SMILES string of the molecule is Cc1cncc(C(=O)NC2(C(=O)O)CCOC2)c1. The Balaban J connectivity index is 2.18. The molecule has 0 aromatic carbocycles. The number of aliphatic carboxylic acids is 1. The number of nitrogens with one attached hydrogen (secondary N) is 1. The van der Waals surface area contributed by atoms with Gasteiger partial charge in [0.2, 0.25) is 0 Å². The highest BCUT2D eigenvalue weighted by molar-refractivity contribution is 5.97. The summed E-state index contributed by atoms with van der Waals surface area (Å²) in [6.45, 7) is 2.14. The zero-order valence-electron chi connectivity index (χ0n) is 9.97. The van der Waals surface area contributed by atoms with Crippen molar-refractivity contribution in [1.29, 1.82) is 0 Å². The Bertz CT molecular complexity index is 481. The lowest BCUT2D eigenvalue weighted by molar-refractivity contribution is -0.144. The van der Waals surface area contributed by atoms with Crippen LogP contribution in [-0.4, -0.2) is 40.7 Å². The summed E-state index contributed by atoms with van der Waals surface area (Å²) in [5.74, 6) is -1.52. The van der Waals surface area contributed by atoms with Gasteiger partial charge >= 0.3 is 5.97 Å². The van der Waals surface area contributed by atoms with Crippen LogP contribution in [0.15, 0.2) is 18.5 Å². The van der Waals surface area contributed by atoms with Crippen LogP contribution in [0.25, 0.3) is 0 Å². The van der Waals surface area contributed by atoms with E-state index in [1.54, 1.807) is 12.3 Å². The van der Waals surface area contributed by atoms with Gasteiger partial charge in [0.05, 0.1) is 12.2 Å². The number of carbonyl (C=O) groups excluding carboxylic acids is 1. The molecule has 0 radical (unpaired) electrons. The Morgan fingerprint density at radius 1 is 1.50 bits per heavy atom. The summed E-state index contributed by atoms with van der Waals surface area (Å²) in [4.78, 5) is 27.1. The second-order valence-electron chi connectivity index (χ2n) is 4.39. The van der Waals surface area contributed by atoms with Gasteiger partial charge in [-0.2, -0.15) is 0 Å². The van der Waals surface area contributed by atoms with E-state index in [2.05, 4.69) is 10.3 Å². The van der Waals surface area contributed by atoms with Crippen molar-refractivity contribution >= 4 is 11.9 Å². The van der Waals surface area contributed by atoms with Gasteiger partial charge in [0.15, 0.2) is 5.54 Å². The number of hydrogen-bond donors (Lipinski definition) is 2. The number of pyridine rings is 1. The monoisotopic (exact) mass is 250 g/mol. The number of carbonyl (C=O) groups is 2. The van der Waals surface area contributed by atoms with E-state index < -0.39 is 17.4 Å². The van der Waals surface area contributed by atoms with Gasteiger partial charge in [-0.3, -0.25) is 9.78 Å². The van der Waals surface area contributed by atoms with E-state index in [1.807, 2.05) is 6.92 Å². The molecule has 0 spiro atoms. The molecule has 2 heterocycles. The highest BCUT2D eigenvalue weighted by Gasteiger charge is 2.44. The summed E-state index contributed by atoms with van der Waals surface area (Å²) >= 11 is 0. The van der Waals surface area contributed by atoms with Crippen LogP contribution in [0.5, 0.6) is 0 Å². The molecule has 6 heteroatoms. The summed E-state index contributed by atoms with van der Waals surface area (Å²) in [5, 5.41) is 11.7. The average molecular weight is 250 g/mol. The summed E-state index contributed by atoms with van der Waals surface area (Å²) in [7, 11) is 0. The van der Waals surface area contributed by atoms with Crippen molar-refractivity contribution in [3.63, 3.8) is 0 Å². The van der Waals surface area contributed by atoms with Crippen LogP contribution in [0, 0.1) is 6.92 Å². The van der Waals surface area contributed by atoms with E-state index in [0.29, 0.717) is 12.2 Å². The fraction of sp³-hybridized carbons (Fsp3) is 0.417. The lowest BCUT2D eigenvalue weighted by atomic mass is 9.98. The smallest absolute Gasteiger partial charge is 0.331 e. The van der Waals surface area contributed by atoms with E-state index in [1.165, 1.54) is 6.20 Å². The maximum absolute atomic E-state index is 12.0. The number of amides is 1. The second kappa shape index (κ2) is 4.73. The predicted molar refractivity (Wildman–Crippen MR) is 62.2 cm³/mol. The first-order chi connectivity index (χ1) is 8.53. The van der Waals surface area contributed by atoms with Gasteiger partial charge in [0.1, 0.15) is 0 Å². The van der Waals surface area contributed by atoms with Gasteiger partial charge in [0, 0.05) is 25.4 Å². The Hall–Kier alpha value is -1.95. The Morgan fingerprint density at radius 3 is 2.83 bits per heavy atom. The van der Waals surface area contributed by atoms with Crippen LogP contribution in [0.1, 0.15) is 22.3 Å². The van der Waals surface area contributed by atoms with Crippen LogP contribution in [-0.2, 0) is 9.53 Å². The fourth-order valence-electron chi connectivity index (χ4n) is 1.85. The lowest BCUT2D eigenvalue weighted by Crippen LogP contribution is -2.55. The number of ether oxygens (including phenoxy) is 1. The lowest BCUT2D eigenvalue weighted by Gasteiger charge is -2.23. The van der Waals surface area contributed by atoms with Crippen molar-refractivity contribution in [3.05, 3.63) is 29.6 Å². The van der Waals surface area contributed by atoms with Crippen molar-refractivity contribution in [2.24, 2.45) is 0 Å². The first-order valence-corrected chi connectivity index (χ1v) is 5.59. The van der Waals surface area contributed by atoms with E-state index in [9.17, 15) is 14.7 Å². The molecule has 2 rings (SSSR count). The quantitative estimate of drug-likeness (QED) is 0.808. The molecule has 96 valence electrons. The third kappa shape index (κ3) is 2.33. The van der Waals surface area contributed by atoms with Crippen molar-refractivity contribution in [3.8, 4) is 0 Å². The maximum atomic E-state index is 12.0. The summed E-state index contributed by atoms with van der Waals surface area (Å²) in [5.41, 5.74) is -0.127. The first-order valence-electron chi connectivity index (χ1n) is 5.59. The summed E-state index contributed by atoms with van der Waals surface area (Å²) < 4.78 is 5.07. The van der Waals surface area contributed by atoms with Crippen molar-refractivity contribution in [1.82, 2.24) is 10.3 Å². The molecule has 1 fully saturated rings. The molecule has 1 atom stereocenters. The minimum absolute atomic E-state index is 0.00663. The second-order valence-corrected chi connectivity index (χ2v) is 4.39. The van der Waals surface area contributed by atoms with Crippen LogP contribution < -0.4 is 5.32 Å². The van der Waals surface area contributed by atoms with E-state index >= 15 is 0 Å². The Labute approximate surface area is 104 Å². The molecule has 18 heavy (non-hydrogen) atoms. The number of rotatable bonds is 3. The molecule has 1 saturated heterocycles. The number of hydrogen-bond acceptors (Lipinski definition) is 4. The molecule has 6 nitrogen and oxygen atoms in total. The minimum Gasteiger partial charge on any atom is -0.479 e. The Morgan fingerprint density at radius 2 is 2.28 bits per heavy atom. The molecule has 1 aromatic heterocycles. The van der Waals surface area contributed by atoms with Crippen LogP contribution in [0.4, 0.5) is 0 Å². The van der Waals surface area contributed by atoms with Gasteiger partial charge in [-0.1, -0.05) is 0 Å². The number of nitrogens with zero attached hydrogens (tertiary/aromatic N) is 1. The number of carboxylic acids is 1. The minimum atomic E-state index is -1.32. The van der Waals surface area contributed by atoms with Crippen LogP contribution >= 0.6 is 0 Å². The highest BCUT2D eigenvalue weighted by Crippen LogP contribution is 2.19. The molecule has 0 aliphatic carbocycles. The molecule has 0 bridgehead atoms. The highest BCUT2D eigenvalue weighted by atomic mass is 16.5. The molecule has 1 aliphatic rings. The summed E-state index contributed by atoms with van der Waals surface area (Å²) in [6, 6.07) is 1.66. The third-order valence-corrected chi connectivity index (χ3v) is 2.92. The Kier molecular flexibility index (Phi) is 3.29. The largest absolute Gasteiger partial charge is 0.479 e. The molecule has 1 amide bonds. The molecule has 0 saturated carbocycles. The van der Waals surface area contributed by atoms with E-state index in [4.69, 9.17) is 4.74 Å². The molecule has 1 aliphatic heterocycles. The number of aromatic nitrogens is 1. The fourth-order valence-corrected chi connectivity index (χ4v) is 1.85. The number of aryl methyl sites for hydroxylation is 1. The molecule has 1 aromatic rings. The van der Waals surface area contributed by atoms with Gasteiger partial charge < -0.3 is 15.2 Å². The summed E-state index contributed by atoms with van der Waals surface area (Å²) in [6.07, 6.45) is 3.31. The normalized spacial score (nSPS) is 22.7. The number of carboxylic acid groups (broad SMARTS) is 1. The van der Waals surface area contributed by atoms with E-state index in [0.717, 1.165) is 5.56 Å². The third-order valence-electron chi connectivity index (χ3n) is 2.92. The zero-order chi connectivity index (χ0) is 13.2. The van der Waals surface area contributed by atoms with Crippen molar-refractivity contribution in [2.45, 2.75) is 18.9 Å².